The molecule has 1 nitrogen and oxygen atoms in total. The summed E-state index contributed by atoms with van der Waals surface area (Å²) in [6.07, 6.45) is -0.0373. The average Bonchev–Trinajstić information content (AvgIpc) is 2.37. The van der Waals surface area contributed by atoms with Crippen LogP contribution in [0.15, 0.2) is 42.5 Å². The number of carbonyl (C=O) groups is 1. The highest BCUT2D eigenvalue weighted by molar-refractivity contribution is 6.31. The summed E-state index contributed by atoms with van der Waals surface area (Å²) in [7, 11) is 0. The minimum atomic E-state index is -0.575. The van der Waals surface area contributed by atoms with Gasteiger partial charge in [-0.1, -0.05) is 29.8 Å². The summed E-state index contributed by atoms with van der Waals surface area (Å²) >= 11 is 5.94. The molecule has 2 rings (SSSR count). The highest BCUT2D eigenvalue weighted by atomic mass is 35.5. The van der Waals surface area contributed by atoms with Gasteiger partial charge in [0.05, 0.1) is 0 Å². The molecule has 98 valence electrons. The van der Waals surface area contributed by atoms with Gasteiger partial charge in [-0.2, -0.15) is 0 Å². The van der Waals surface area contributed by atoms with Crippen LogP contribution >= 0.6 is 11.6 Å². The molecular formula is C15H11ClF2O. The van der Waals surface area contributed by atoms with Gasteiger partial charge in [0.25, 0.3) is 0 Å². The van der Waals surface area contributed by atoms with Gasteiger partial charge < -0.3 is 0 Å². The molecule has 0 aliphatic heterocycles. The lowest BCUT2D eigenvalue weighted by atomic mass is 10.0. The normalized spacial score (nSPS) is 10.5. The van der Waals surface area contributed by atoms with Crippen LogP contribution in [0.25, 0.3) is 0 Å². The third-order valence-electron chi connectivity index (χ3n) is 2.74. The molecule has 0 amide bonds. The van der Waals surface area contributed by atoms with E-state index in [0.717, 1.165) is 18.2 Å². The smallest absolute Gasteiger partial charge is 0.141 e. The van der Waals surface area contributed by atoms with Crippen molar-refractivity contribution < 1.29 is 13.6 Å². The van der Waals surface area contributed by atoms with Gasteiger partial charge in [-0.25, -0.2) is 8.78 Å². The summed E-state index contributed by atoms with van der Waals surface area (Å²) in [5.74, 6) is -1.34. The number of ketones is 1. The van der Waals surface area contributed by atoms with Crippen LogP contribution in [0, 0.1) is 11.6 Å². The molecule has 0 saturated heterocycles. The van der Waals surface area contributed by atoms with Crippen molar-refractivity contribution in [2.24, 2.45) is 0 Å². The summed E-state index contributed by atoms with van der Waals surface area (Å²) in [6.45, 7) is 0. The molecule has 0 radical (unpaired) electrons. The van der Waals surface area contributed by atoms with Crippen LogP contribution in [-0.2, 0) is 17.6 Å². The van der Waals surface area contributed by atoms with E-state index in [9.17, 15) is 13.6 Å². The zero-order valence-corrected chi connectivity index (χ0v) is 10.8. The average molecular weight is 281 g/mol. The van der Waals surface area contributed by atoms with E-state index in [1.807, 2.05) is 0 Å². The third kappa shape index (κ3) is 3.61. The van der Waals surface area contributed by atoms with Crippen molar-refractivity contribution in [1.29, 1.82) is 0 Å². The van der Waals surface area contributed by atoms with Crippen molar-refractivity contribution >= 4 is 17.4 Å². The standard InChI is InChI=1S/C15H11ClF2O/c16-14-4-2-1-3-10(14)8-13(19)9-11-7-12(17)5-6-15(11)18/h1-7H,8-9H2. The molecule has 0 N–H and O–H groups in total. The van der Waals surface area contributed by atoms with Gasteiger partial charge in [0.15, 0.2) is 0 Å². The minimum Gasteiger partial charge on any atom is -0.299 e. The van der Waals surface area contributed by atoms with E-state index >= 15 is 0 Å². The molecule has 0 aliphatic rings. The Morgan fingerprint density at radius 1 is 1.00 bits per heavy atom. The zero-order chi connectivity index (χ0) is 13.8. The van der Waals surface area contributed by atoms with Gasteiger partial charge in [-0.15, -0.1) is 0 Å². The lowest BCUT2D eigenvalue weighted by Crippen LogP contribution is -2.08. The molecule has 0 heterocycles. The number of benzene rings is 2. The summed E-state index contributed by atoms with van der Waals surface area (Å²) in [4.78, 5) is 11.8. The maximum Gasteiger partial charge on any atom is 0.141 e. The molecule has 0 bridgehead atoms. The van der Waals surface area contributed by atoms with Crippen LogP contribution in [-0.4, -0.2) is 5.78 Å². The van der Waals surface area contributed by atoms with Crippen molar-refractivity contribution in [2.75, 3.05) is 0 Å². The van der Waals surface area contributed by atoms with Crippen LogP contribution in [0.2, 0.25) is 5.02 Å². The van der Waals surface area contributed by atoms with Gasteiger partial charge in [0.2, 0.25) is 0 Å². The Morgan fingerprint density at radius 2 is 1.68 bits per heavy atom. The van der Waals surface area contributed by atoms with Crippen molar-refractivity contribution in [3.63, 3.8) is 0 Å². The molecule has 0 fully saturated rings. The number of rotatable bonds is 4. The largest absolute Gasteiger partial charge is 0.299 e. The van der Waals surface area contributed by atoms with E-state index in [2.05, 4.69) is 0 Å². The fraction of sp³-hybridized carbons (Fsp3) is 0.133. The second-order valence-electron chi connectivity index (χ2n) is 4.22. The fourth-order valence-electron chi connectivity index (χ4n) is 1.81. The van der Waals surface area contributed by atoms with E-state index in [-0.39, 0.29) is 24.2 Å². The van der Waals surface area contributed by atoms with Crippen LogP contribution in [0.3, 0.4) is 0 Å². The van der Waals surface area contributed by atoms with Crippen molar-refractivity contribution in [3.05, 3.63) is 70.2 Å². The van der Waals surface area contributed by atoms with Crippen LogP contribution in [0.5, 0.6) is 0 Å². The molecular weight excluding hydrogens is 270 g/mol. The number of carbonyl (C=O) groups excluding carboxylic acids is 1. The van der Waals surface area contributed by atoms with Gasteiger partial charge in [0.1, 0.15) is 17.4 Å². The lowest BCUT2D eigenvalue weighted by molar-refractivity contribution is -0.117. The Labute approximate surface area is 114 Å². The minimum absolute atomic E-state index is 0.0667. The highest BCUT2D eigenvalue weighted by Gasteiger charge is 2.11. The molecule has 0 unspecified atom stereocenters. The Morgan fingerprint density at radius 3 is 2.42 bits per heavy atom. The predicted octanol–water partition coefficient (Wildman–Crippen LogP) is 3.97. The first-order valence-corrected chi connectivity index (χ1v) is 6.13. The van der Waals surface area contributed by atoms with Crippen LogP contribution in [0.1, 0.15) is 11.1 Å². The molecule has 2 aromatic rings. The molecule has 0 atom stereocenters. The SMILES string of the molecule is O=C(Cc1cc(F)ccc1F)Cc1ccccc1Cl. The van der Waals surface area contributed by atoms with E-state index in [1.165, 1.54) is 0 Å². The first-order valence-electron chi connectivity index (χ1n) is 5.75. The van der Waals surface area contributed by atoms with Gasteiger partial charge in [-0.05, 0) is 35.4 Å². The fourth-order valence-corrected chi connectivity index (χ4v) is 2.01. The van der Waals surface area contributed by atoms with Crippen LogP contribution < -0.4 is 0 Å². The zero-order valence-electron chi connectivity index (χ0n) is 10.00. The monoisotopic (exact) mass is 280 g/mol. The lowest BCUT2D eigenvalue weighted by Gasteiger charge is -2.05. The topological polar surface area (TPSA) is 17.1 Å². The van der Waals surface area contributed by atoms with Crippen LogP contribution in [0.4, 0.5) is 8.78 Å². The van der Waals surface area contributed by atoms with Gasteiger partial charge in [0, 0.05) is 17.9 Å². The Kier molecular flexibility index (Phi) is 4.27. The maximum absolute atomic E-state index is 13.4. The van der Waals surface area contributed by atoms with E-state index in [4.69, 9.17) is 11.6 Å². The first kappa shape index (κ1) is 13.7. The summed E-state index contributed by atoms with van der Waals surface area (Å²) in [6, 6.07) is 10.1. The van der Waals surface area contributed by atoms with Crippen molar-refractivity contribution in [2.45, 2.75) is 12.8 Å². The maximum atomic E-state index is 13.4. The Hall–Kier alpha value is -1.74. The summed E-state index contributed by atoms with van der Waals surface area (Å²) < 4.78 is 26.4. The number of Topliss-reactive ketones (excluding diaryl/α,β-unsaturated/α-hetero) is 1. The summed E-state index contributed by atoms with van der Waals surface area (Å²) in [5.41, 5.74) is 0.753. The van der Waals surface area contributed by atoms with Gasteiger partial charge >= 0.3 is 0 Å². The number of hydrogen-bond acceptors (Lipinski definition) is 1. The molecule has 0 aliphatic carbocycles. The number of halogens is 3. The van der Waals surface area contributed by atoms with E-state index in [1.54, 1.807) is 24.3 Å². The second-order valence-corrected chi connectivity index (χ2v) is 4.63. The third-order valence-corrected chi connectivity index (χ3v) is 3.11. The highest BCUT2D eigenvalue weighted by Crippen LogP contribution is 2.17. The van der Waals surface area contributed by atoms with Crippen molar-refractivity contribution in [1.82, 2.24) is 0 Å². The molecule has 2 aromatic carbocycles. The molecule has 0 saturated carbocycles. The van der Waals surface area contributed by atoms with Crippen molar-refractivity contribution in [3.8, 4) is 0 Å². The predicted molar refractivity (Wildman–Crippen MR) is 70.2 cm³/mol. The first-order chi connectivity index (χ1) is 9.06. The molecule has 0 aromatic heterocycles. The van der Waals surface area contributed by atoms with E-state index in [0.29, 0.717) is 10.6 Å². The van der Waals surface area contributed by atoms with Gasteiger partial charge in [-0.3, -0.25) is 4.79 Å². The van der Waals surface area contributed by atoms with E-state index < -0.39 is 11.6 Å². The molecule has 4 heteroatoms. The second kappa shape index (κ2) is 5.93. The quantitative estimate of drug-likeness (QED) is 0.828. The number of hydrogen-bond donors (Lipinski definition) is 0. The Balaban J connectivity index is 2.10. The molecule has 0 spiro atoms. The Bertz CT molecular complexity index is 611. The molecule has 19 heavy (non-hydrogen) atoms. The summed E-state index contributed by atoms with van der Waals surface area (Å²) in [5, 5.41) is 0.496.